The Labute approximate surface area is 94.7 Å². The molecule has 0 fully saturated rings. The molecular formula is C13H15F2N. The van der Waals surface area contributed by atoms with E-state index in [1.54, 1.807) is 12.1 Å². The van der Waals surface area contributed by atoms with E-state index in [-0.39, 0.29) is 5.56 Å². The predicted molar refractivity (Wildman–Crippen MR) is 59.1 cm³/mol. The number of aryl methyl sites for hydroxylation is 1. The molecule has 1 aromatic rings. The SMILES string of the molecule is CC(C)C(F)(F)c1ccc(CCC#N)cc1. The molecule has 1 rings (SSSR count). The van der Waals surface area contributed by atoms with E-state index in [1.165, 1.54) is 26.0 Å². The molecular weight excluding hydrogens is 208 g/mol. The van der Waals surface area contributed by atoms with Crippen LogP contribution in [-0.2, 0) is 12.3 Å². The third-order valence-corrected chi connectivity index (χ3v) is 2.59. The summed E-state index contributed by atoms with van der Waals surface area (Å²) < 4.78 is 27.2. The summed E-state index contributed by atoms with van der Waals surface area (Å²) in [5.41, 5.74) is 0.966. The van der Waals surface area contributed by atoms with Gasteiger partial charge in [-0.15, -0.1) is 0 Å². The first-order valence-electron chi connectivity index (χ1n) is 5.32. The van der Waals surface area contributed by atoms with E-state index in [0.29, 0.717) is 12.8 Å². The zero-order chi connectivity index (χ0) is 12.2. The van der Waals surface area contributed by atoms with Gasteiger partial charge in [-0.25, -0.2) is 8.78 Å². The lowest BCUT2D eigenvalue weighted by Crippen LogP contribution is -2.20. The van der Waals surface area contributed by atoms with Crippen molar-refractivity contribution in [1.29, 1.82) is 5.26 Å². The third kappa shape index (κ3) is 2.79. The first kappa shape index (κ1) is 12.6. The van der Waals surface area contributed by atoms with Gasteiger partial charge in [0, 0.05) is 17.9 Å². The molecule has 0 aromatic heterocycles. The van der Waals surface area contributed by atoms with Gasteiger partial charge in [0.15, 0.2) is 0 Å². The van der Waals surface area contributed by atoms with Gasteiger partial charge in [-0.2, -0.15) is 5.26 Å². The lowest BCUT2D eigenvalue weighted by atomic mass is 9.96. The average molecular weight is 223 g/mol. The molecule has 0 heterocycles. The summed E-state index contributed by atoms with van der Waals surface area (Å²) in [6, 6.07) is 8.27. The average Bonchev–Trinajstić information content (AvgIpc) is 2.26. The summed E-state index contributed by atoms with van der Waals surface area (Å²) in [5, 5.41) is 8.41. The Morgan fingerprint density at radius 3 is 2.25 bits per heavy atom. The second-order valence-electron chi connectivity index (χ2n) is 4.13. The van der Waals surface area contributed by atoms with Crippen LogP contribution in [0.15, 0.2) is 24.3 Å². The largest absolute Gasteiger partial charge is 0.275 e. The molecule has 0 N–H and O–H groups in total. The number of nitrogens with zero attached hydrogens (tertiary/aromatic N) is 1. The molecule has 0 amide bonds. The van der Waals surface area contributed by atoms with Crippen molar-refractivity contribution in [3.63, 3.8) is 0 Å². The molecule has 16 heavy (non-hydrogen) atoms. The number of halogens is 2. The van der Waals surface area contributed by atoms with Crippen LogP contribution in [0.25, 0.3) is 0 Å². The van der Waals surface area contributed by atoms with Crippen molar-refractivity contribution in [2.24, 2.45) is 5.92 Å². The highest BCUT2D eigenvalue weighted by atomic mass is 19.3. The van der Waals surface area contributed by atoms with Crippen molar-refractivity contribution in [1.82, 2.24) is 0 Å². The molecule has 0 spiro atoms. The Kier molecular flexibility index (Phi) is 4.00. The van der Waals surface area contributed by atoms with Crippen LogP contribution in [0.1, 0.15) is 31.4 Å². The van der Waals surface area contributed by atoms with E-state index >= 15 is 0 Å². The van der Waals surface area contributed by atoms with Crippen LogP contribution in [-0.4, -0.2) is 0 Å². The maximum absolute atomic E-state index is 13.6. The Hall–Kier alpha value is -1.43. The normalized spacial score (nSPS) is 11.5. The molecule has 3 heteroatoms. The minimum absolute atomic E-state index is 0.0446. The smallest absolute Gasteiger partial charge is 0.201 e. The molecule has 1 nitrogen and oxygen atoms in total. The molecule has 0 radical (unpaired) electrons. The number of hydrogen-bond acceptors (Lipinski definition) is 1. The van der Waals surface area contributed by atoms with Gasteiger partial charge in [0.1, 0.15) is 0 Å². The van der Waals surface area contributed by atoms with E-state index in [0.717, 1.165) is 5.56 Å². The molecule has 1 aromatic carbocycles. The van der Waals surface area contributed by atoms with Crippen molar-refractivity contribution in [3.8, 4) is 6.07 Å². The van der Waals surface area contributed by atoms with E-state index in [4.69, 9.17) is 5.26 Å². The van der Waals surface area contributed by atoms with E-state index in [2.05, 4.69) is 0 Å². The van der Waals surface area contributed by atoms with Crippen LogP contribution in [0, 0.1) is 17.2 Å². The third-order valence-electron chi connectivity index (χ3n) is 2.59. The van der Waals surface area contributed by atoms with Crippen LogP contribution in [0.4, 0.5) is 8.78 Å². The molecule has 0 saturated heterocycles. The van der Waals surface area contributed by atoms with Gasteiger partial charge < -0.3 is 0 Å². The monoisotopic (exact) mass is 223 g/mol. The second kappa shape index (κ2) is 5.07. The van der Waals surface area contributed by atoms with Crippen molar-refractivity contribution >= 4 is 0 Å². The second-order valence-corrected chi connectivity index (χ2v) is 4.13. The van der Waals surface area contributed by atoms with Gasteiger partial charge in [-0.05, 0) is 12.0 Å². The summed E-state index contributed by atoms with van der Waals surface area (Å²) in [5.74, 6) is -3.49. The van der Waals surface area contributed by atoms with Crippen LogP contribution >= 0.6 is 0 Å². The fourth-order valence-corrected chi connectivity index (χ4v) is 1.43. The first-order valence-corrected chi connectivity index (χ1v) is 5.32. The topological polar surface area (TPSA) is 23.8 Å². The van der Waals surface area contributed by atoms with Gasteiger partial charge in [-0.3, -0.25) is 0 Å². The van der Waals surface area contributed by atoms with Gasteiger partial charge in [0.2, 0.25) is 0 Å². The Morgan fingerprint density at radius 2 is 1.81 bits per heavy atom. The molecule has 0 saturated carbocycles. The molecule has 0 atom stereocenters. The van der Waals surface area contributed by atoms with E-state index < -0.39 is 11.8 Å². The van der Waals surface area contributed by atoms with Gasteiger partial charge in [-0.1, -0.05) is 38.1 Å². The highest BCUT2D eigenvalue weighted by molar-refractivity contribution is 5.26. The molecule has 0 aliphatic carbocycles. The summed E-state index contributed by atoms with van der Waals surface area (Å²) in [7, 11) is 0. The molecule has 86 valence electrons. The van der Waals surface area contributed by atoms with E-state index in [9.17, 15) is 8.78 Å². The van der Waals surface area contributed by atoms with Gasteiger partial charge in [0.25, 0.3) is 5.92 Å². The fraction of sp³-hybridized carbons (Fsp3) is 0.462. The number of rotatable bonds is 4. The summed E-state index contributed by atoms with van der Waals surface area (Å²) in [4.78, 5) is 0. The van der Waals surface area contributed by atoms with Crippen molar-refractivity contribution < 1.29 is 8.78 Å². The highest BCUT2D eigenvalue weighted by Crippen LogP contribution is 2.35. The lowest BCUT2D eigenvalue weighted by Gasteiger charge is -2.20. The van der Waals surface area contributed by atoms with Crippen molar-refractivity contribution in [2.45, 2.75) is 32.6 Å². The van der Waals surface area contributed by atoms with Gasteiger partial charge in [0.05, 0.1) is 6.07 Å². The van der Waals surface area contributed by atoms with Gasteiger partial charge >= 0.3 is 0 Å². The standard InChI is InChI=1S/C13H15F2N/c1-10(2)13(14,15)12-7-5-11(6-8-12)4-3-9-16/h5-8,10H,3-4H2,1-2H3. The number of nitriles is 1. The van der Waals surface area contributed by atoms with E-state index in [1.807, 2.05) is 6.07 Å². The minimum atomic E-state index is -2.78. The Balaban J connectivity index is 2.83. The number of benzene rings is 1. The Bertz CT molecular complexity index is 374. The fourth-order valence-electron chi connectivity index (χ4n) is 1.43. The zero-order valence-corrected chi connectivity index (χ0v) is 9.50. The van der Waals surface area contributed by atoms with Crippen LogP contribution in [0.3, 0.4) is 0 Å². The summed E-state index contributed by atoms with van der Waals surface area (Å²) >= 11 is 0. The minimum Gasteiger partial charge on any atom is -0.201 e. The predicted octanol–water partition coefficient (Wildman–Crippen LogP) is 3.89. The summed E-state index contributed by atoms with van der Waals surface area (Å²) in [6.45, 7) is 3.01. The first-order chi connectivity index (χ1) is 7.48. The molecule has 0 unspecified atom stereocenters. The Morgan fingerprint density at radius 1 is 1.25 bits per heavy atom. The number of alkyl halides is 2. The highest BCUT2D eigenvalue weighted by Gasteiger charge is 2.35. The molecule has 0 aliphatic heterocycles. The molecule has 0 aliphatic rings. The maximum atomic E-state index is 13.6. The molecule has 0 bridgehead atoms. The quantitative estimate of drug-likeness (QED) is 0.759. The van der Waals surface area contributed by atoms with Crippen molar-refractivity contribution in [2.75, 3.05) is 0 Å². The summed E-state index contributed by atoms with van der Waals surface area (Å²) in [6.07, 6.45) is 1.03. The maximum Gasteiger partial charge on any atom is 0.275 e. The van der Waals surface area contributed by atoms with Crippen LogP contribution in [0.5, 0.6) is 0 Å². The number of hydrogen-bond donors (Lipinski definition) is 0. The van der Waals surface area contributed by atoms with Crippen LogP contribution < -0.4 is 0 Å². The van der Waals surface area contributed by atoms with Crippen LogP contribution in [0.2, 0.25) is 0 Å². The zero-order valence-electron chi connectivity index (χ0n) is 9.50. The lowest BCUT2D eigenvalue weighted by molar-refractivity contribution is -0.0513. The van der Waals surface area contributed by atoms with Crippen molar-refractivity contribution in [3.05, 3.63) is 35.4 Å².